The Morgan fingerprint density at radius 2 is 1.90 bits per heavy atom. The third kappa shape index (κ3) is 8.29. The molecule has 2 aromatic rings. The number of aliphatic carboxylic acids is 1. The molecule has 0 aromatic heterocycles. The standard InChI is InChI=1S/C29H35ClN2O7/c1-17(29(36)37)16-31-28(35)22(15-19-12-13-24(38-3)21(30)14-19)32-25(33)11-7-10-23-18(2)26(34)27(39-23)20-8-5-4-6-9-20/h4-9,11-14,17-18,22-23,26-27,34H,10,15-16H2,1-3H3,(H,31,35)(H,32,33)(H,36,37)/b11-7+/t17-,18+,22-,23+,26-,27+/m1/s1. The molecule has 0 saturated carbocycles. The zero-order chi connectivity index (χ0) is 28.5. The number of aliphatic hydroxyl groups excluding tert-OH is 1. The Kier molecular flexibility index (Phi) is 10.9. The maximum Gasteiger partial charge on any atom is 0.308 e. The van der Waals surface area contributed by atoms with Crippen LogP contribution < -0.4 is 15.4 Å². The summed E-state index contributed by atoms with van der Waals surface area (Å²) in [5, 5.41) is 25.4. The molecule has 0 bridgehead atoms. The van der Waals surface area contributed by atoms with E-state index in [9.17, 15) is 19.5 Å². The van der Waals surface area contributed by atoms with Crippen molar-refractivity contribution in [2.24, 2.45) is 11.8 Å². The normalized spacial score (nSPS) is 22.3. The number of carboxylic acid groups (broad SMARTS) is 1. The van der Waals surface area contributed by atoms with Gasteiger partial charge in [-0.15, -0.1) is 0 Å². The Labute approximate surface area is 233 Å². The van der Waals surface area contributed by atoms with Crippen molar-refractivity contribution < 1.29 is 34.1 Å². The largest absolute Gasteiger partial charge is 0.495 e. The number of hydrogen-bond acceptors (Lipinski definition) is 6. The van der Waals surface area contributed by atoms with E-state index in [1.807, 2.05) is 37.3 Å². The van der Waals surface area contributed by atoms with Crippen molar-refractivity contribution in [3.05, 3.63) is 76.8 Å². The second kappa shape index (κ2) is 14.1. The van der Waals surface area contributed by atoms with Crippen LogP contribution in [-0.4, -0.2) is 59.9 Å². The van der Waals surface area contributed by atoms with Crippen LogP contribution >= 0.6 is 11.6 Å². The number of benzene rings is 2. The van der Waals surface area contributed by atoms with Crippen molar-refractivity contribution in [3.8, 4) is 5.75 Å². The van der Waals surface area contributed by atoms with Crippen LogP contribution in [0.4, 0.5) is 0 Å². The number of aliphatic hydroxyl groups is 1. The Hall–Kier alpha value is -3.40. The van der Waals surface area contributed by atoms with Gasteiger partial charge >= 0.3 is 5.97 Å². The van der Waals surface area contributed by atoms with E-state index in [1.54, 1.807) is 24.3 Å². The first kappa shape index (κ1) is 30.1. The summed E-state index contributed by atoms with van der Waals surface area (Å²) in [6.07, 6.45) is 2.12. The second-order valence-electron chi connectivity index (χ2n) is 9.71. The number of ether oxygens (including phenoxy) is 2. The van der Waals surface area contributed by atoms with Crippen molar-refractivity contribution in [1.29, 1.82) is 0 Å². The topological polar surface area (TPSA) is 134 Å². The van der Waals surface area contributed by atoms with Crippen LogP contribution in [0.1, 0.15) is 37.5 Å². The molecule has 2 amide bonds. The molecule has 39 heavy (non-hydrogen) atoms. The quantitative estimate of drug-likeness (QED) is 0.294. The first-order valence-corrected chi connectivity index (χ1v) is 13.2. The number of carbonyl (C=O) groups excluding carboxylic acids is 2. The fraction of sp³-hybridized carbons (Fsp3) is 0.414. The third-order valence-electron chi connectivity index (χ3n) is 6.82. The predicted octanol–water partition coefficient (Wildman–Crippen LogP) is 3.30. The molecule has 6 atom stereocenters. The van der Waals surface area contributed by atoms with Crippen molar-refractivity contribution in [2.75, 3.05) is 13.7 Å². The minimum absolute atomic E-state index is 0.0818. The predicted molar refractivity (Wildman–Crippen MR) is 146 cm³/mol. The Morgan fingerprint density at radius 1 is 1.18 bits per heavy atom. The lowest BCUT2D eigenvalue weighted by molar-refractivity contribution is -0.141. The fourth-order valence-electron chi connectivity index (χ4n) is 4.35. The van der Waals surface area contributed by atoms with E-state index in [1.165, 1.54) is 20.1 Å². The van der Waals surface area contributed by atoms with Crippen LogP contribution in [0.25, 0.3) is 0 Å². The molecule has 3 rings (SSSR count). The van der Waals surface area contributed by atoms with Gasteiger partial charge in [0.05, 0.1) is 30.3 Å². The highest BCUT2D eigenvalue weighted by molar-refractivity contribution is 6.32. The van der Waals surface area contributed by atoms with Gasteiger partial charge in [-0.25, -0.2) is 0 Å². The average molecular weight is 559 g/mol. The van der Waals surface area contributed by atoms with Crippen LogP contribution in [0.5, 0.6) is 5.75 Å². The molecular weight excluding hydrogens is 524 g/mol. The lowest BCUT2D eigenvalue weighted by Crippen LogP contribution is -2.48. The summed E-state index contributed by atoms with van der Waals surface area (Å²) >= 11 is 6.22. The molecular formula is C29H35ClN2O7. The van der Waals surface area contributed by atoms with E-state index in [0.29, 0.717) is 22.8 Å². The van der Waals surface area contributed by atoms with Crippen LogP contribution in [0.3, 0.4) is 0 Å². The minimum atomic E-state index is -1.04. The van der Waals surface area contributed by atoms with Crippen LogP contribution in [0.2, 0.25) is 5.02 Å². The number of carboxylic acids is 1. The highest BCUT2D eigenvalue weighted by atomic mass is 35.5. The molecule has 4 N–H and O–H groups in total. The van der Waals surface area contributed by atoms with Gasteiger partial charge in [-0.1, -0.05) is 67.9 Å². The third-order valence-corrected chi connectivity index (χ3v) is 7.11. The number of hydrogen-bond donors (Lipinski definition) is 4. The summed E-state index contributed by atoms with van der Waals surface area (Å²) in [5.41, 5.74) is 1.58. The molecule has 1 fully saturated rings. The highest BCUT2D eigenvalue weighted by Crippen LogP contribution is 2.38. The summed E-state index contributed by atoms with van der Waals surface area (Å²) in [6.45, 7) is 3.31. The summed E-state index contributed by atoms with van der Waals surface area (Å²) in [7, 11) is 1.49. The zero-order valence-electron chi connectivity index (χ0n) is 22.2. The number of nitrogens with one attached hydrogen (secondary N) is 2. The van der Waals surface area contributed by atoms with Gasteiger partial charge in [0, 0.05) is 18.9 Å². The van der Waals surface area contributed by atoms with Crippen molar-refractivity contribution in [1.82, 2.24) is 10.6 Å². The zero-order valence-corrected chi connectivity index (χ0v) is 22.9. The number of carbonyl (C=O) groups is 3. The molecule has 0 spiro atoms. The number of halogens is 1. The molecule has 0 aliphatic carbocycles. The lowest BCUT2D eigenvalue weighted by atomic mass is 9.94. The Balaban J connectivity index is 1.64. The van der Waals surface area contributed by atoms with Gasteiger partial charge in [0.25, 0.3) is 0 Å². The molecule has 9 nitrogen and oxygen atoms in total. The minimum Gasteiger partial charge on any atom is -0.495 e. The number of amides is 2. The van der Waals surface area contributed by atoms with E-state index < -0.39 is 42.0 Å². The van der Waals surface area contributed by atoms with Gasteiger partial charge < -0.3 is 30.3 Å². The maximum absolute atomic E-state index is 12.9. The first-order chi connectivity index (χ1) is 18.6. The maximum atomic E-state index is 12.9. The van der Waals surface area contributed by atoms with Gasteiger partial charge in [0.15, 0.2) is 0 Å². The van der Waals surface area contributed by atoms with E-state index in [4.69, 9.17) is 26.2 Å². The van der Waals surface area contributed by atoms with Gasteiger partial charge in [-0.3, -0.25) is 14.4 Å². The second-order valence-corrected chi connectivity index (χ2v) is 10.1. The number of methoxy groups -OCH3 is 1. The monoisotopic (exact) mass is 558 g/mol. The molecule has 1 aliphatic heterocycles. The smallest absolute Gasteiger partial charge is 0.308 e. The fourth-order valence-corrected chi connectivity index (χ4v) is 4.63. The van der Waals surface area contributed by atoms with Crippen molar-refractivity contribution in [2.45, 2.75) is 51.0 Å². The van der Waals surface area contributed by atoms with Gasteiger partial charge in [0.2, 0.25) is 11.8 Å². The SMILES string of the molecule is COc1ccc(C[C@@H](NC(=O)/C=C/C[C@@H]2O[C@@H](c3ccccc3)[C@H](O)[C@H]2C)C(=O)NC[C@@H](C)C(=O)O)cc1Cl. The summed E-state index contributed by atoms with van der Waals surface area (Å²) < 4.78 is 11.3. The van der Waals surface area contributed by atoms with Gasteiger partial charge in [-0.2, -0.15) is 0 Å². The van der Waals surface area contributed by atoms with E-state index in [-0.39, 0.29) is 25.0 Å². The van der Waals surface area contributed by atoms with E-state index in [2.05, 4.69) is 10.6 Å². The molecule has 1 heterocycles. The molecule has 2 aromatic carbocycles. The molecule has 1 aliphatic rings. The lowest BCUT2D eigenvalue weighted by Gasteiger charge is -2.19. The van der Waals surface area contributed by atoms with Gasteiger partial charge in [-0.05, 0) is 35.8 Å². The summed E-state index contributed by atoms with van der Waals surface area (Å²) in [5.74, 6) is -2.50. The first-order valence-electron chi connectivity index (χ1n) is 12.8. The summed E-state index contributed by atoms with van der Waals surface area (Å²) in [4.78, 5) is 36.8. The molecule has 10 heteroatoms. The molecule has 0 unspecified atom stereocenters. The highest BCUT2D eigenvalue weighted by Gasteiger charge is 2.40. The molecule has 0 radical (unpaired) electrons. The van der Waals surface area contributed by atoms with Crippen LogP contribution in [0.15, 0.2) is 60.7 Å². The van der Waals surface area contributed by atoms with Crippen molar-refractivity contribution in [3.63, 3.8) is 0 Å². The number of rotatable bonds is 12. The van der Waals surface area contributed by atoms with Gasteiger partial charge in [0.1, 0.15) is 17.9 Å². The molecule has 1 saturated heterocycles. The Bertz CT molecular complexity index is 1170. The van der Waals surface area contributed by atoms with Crippen LogP contribution in [-0.2, 0) is 25.5 Å². The summed E-state index contributed by atoms with van der Waals surface area (Å²) in [6, 6.07) is 13.6. The average Bonchev–Trinajstić information content (AvgIpc) is 3.20. The van der Waals surface area contributed by atoms with E-state index in [0.717, 1.165) is 5.56 Å². The van der Waals surface area contributed by atoms with Crippen LogP contribution in [0, 0.1) is 11.8 Å². The van der Waals surface area contributed by atoms with E-state index >= 15 is 0 Å². The van der Waals surface area contributed by atoms with Crippen molar-refractivity contribution >= 4 is 29.4 Å². The molecule has 210 valence electrons. The Morgan fingerprint density at radius 3 is 2.54 bits per heavy atom.